The molecule has 0 unspecified atom stereocenters. The van der Waals surface area contributed by atoms with Crippen LogP contribution in [0, 0.1) is 18.1 Å². The van der Waals surface area contributed by atoms with Crippen molar-refractivity contribution in [3.8, 4) is 39.5 Å². The van der Waals surface area contributed by atoms with Gasteiger partial charge in [0, 0.05) is 42.9 Å². The van der Waals surface area contributed by atoms with Crippen LogP contribution in [0.1, 0.15) is 72.1 Å². The summed E-state index contributed by atoms with van der Waals surface area (Å²) in [7, 11) is -1.38. The van der Waals surface area contributed by atoms with Crippen LogP contribution in [0.2, 0.25) is 19.6 Å². The zero-order chi connectivity index (χ0) is 44.0. The van der Waals surface area contributed by atoms with E-state index in [1.807, 2.05) is 30.3 Å². The van der Waals surface area contributed by atoms with E-state index < -0.39 is 8.07 Å². The predicted molar refractivity (Wildman–Crippen MR) is 265 cm³/mol. The first-order valence-electron chi connectivity index (χ1n) is 22.0. The van der Waals surface area contributed by atoms with E-state index in [4.69, 9.17) is 14.4 Å². The van der Waals surface area contributed by atoms with Crippen LogP contribution < -0.4 is 5.19 Å². The molecule has 0 aliphatic heterocycles. The number of nitrogens with zero attached hydrogens (tertiary/aromatic N) is 3. The Morgan fingerprint density at radius 3 is 2.08 bits per heavy atom. The SMILES string of the molecule is CC(C)(C)c1ccc(-n2c(-c3[c-]ccc4c3oc3ccccc34)nc3ccccc32)c(-c2ccccc2)c1.CC(C)Cc1cc(-c2[c-]cc(C(C)(C)C)cc2)ncc1[Si](C)(C)C.[Ir]. The minimum atomic E-state index is -1.38. The van der Waals surface area contributed by atoms with Gasteiger partial charge in [0.15, 0.2) is 0 Å². The molecule has 0 saturated heterocycles. The summed E-state index contributed by atoms with van der Waals surface area (Å²) in [6.07, 6.45) is 3.25. The van der Waals surface area contributed by atoms with E-state index in [1.165, 1.54) is 33.0 Å². The Balaban J connectivity index is 0.000000207. The minimum absolute atomic E-state index is 0. The largest absolute Gasteiger partial charge is 0.501 e. The first-order valence-corrected chi connectivity index (χ1v) is 25.5. The number of hydrogen-bond acceptors (Lipinski definition) is 3. The molecule has 6 heteroatoms. The van der Waals surface area contributed by atoms with Gasteiger partial charge in [-0.05, 0) is 75.5 Å². The monoisotopic (exact) mass is 1020 g/mol. The molecule has 0 bridgehead atoms. The standard InChI is InChI=1S/C35H27N2O.C22H32NSi.Ir/c1-35(2,3)24-20-21-30(28(22-24)23-12-5-4-6-13-23)37-31-18-9-8-17-29(31)36-34(37)27-16-11-15-26-25-14-7-10-19-32(25)38-33(26)27;1-16(2)13-18-14-20(23-15-21(18)24(6,7)8)17-9-11-19(12-10-17)22(3,4)5;/h4-15,17-22H,1-3H3;9,11-12,14-16H,13H2,1-8H3;/q2*-1;. The van der Waals surface area contributed by atoms with Gasteiger partial charge in [-0.1, -0.05) is 164 Å². The third-order valence-electron chi connectivity index (χ3n) is 11.7. The van der Waals surface area contributed by atoms with Gasteiger partial charge in [-0.15, -0.1) is 53.6 Å². The number of benzene rings is 6. The Hall–Kier alpha value is -5.39. The van der Waals surface area contributed by atoms with Crippen molar-refractivity contribution in [1.82, 2.24) is 14.5 Å². The van der Waals surface area contributed by atoms with Crippen LogP contribution in [-0.2, 0) is 37.4 Å². The fourth-order valence-corrected chi connectivity index (χ4v) is 9.91. The molecule has 9 rings (SSSR count). The van der Waals surface area contributed by atoms with Crippen molar-refractivity contribution in [2.75, 3.05) is 0 Å². The van der Waals surface area contributed by atoms with Crippen LogP contribution in [0.15, 0.2) is 144 Å². The summed E-state index contributed by atoms with van der Waals surface area (Å²) in [5, 5.41) is 3.66. The van der Waals surface area contributed by atoms with Gasteiger partial charge in [0.1, 0.15) is 5.58 Å². The molecule has 0 aliphatic carbocycles. The Bertz CT molecular complexity index is 3010. The van der Waals surface area contributed by atoms with Gasteiger partial charge in [0.25, 0.3) is 0 Å². The third-order valence-corrected chi connectivity index (χ3v) is 13.8. The summed E-state index contributed by atoms with van der Waals surface area (Å²) in [4.78, 5) is 9.94. The molecule has 1 radical (unpaired) electrons. The van der Waals surface area contributed by atoms with E-state index in [1.54, 1.807) is 0 Å². The van der Waals surface area contributed by atoms with E-state index in [0.717, 1.165) is 67.7 Å². The first-order chi connectivity index (χ1) is 29.5. The number of furan rings is 1. The zero-order valence-corrected chi connectivity index (χ0v) is 42.0. The second-order valence-electron chi connectivity index (χ2n) is 20.1. The number of para-hydroxylation sites is 3. The second kappa shape index (κ2) is 18.0. The first kappa shape index (κ1) is 45.6. The smallest absolute Gasteiger partial charge is 0.120 e. The summed E-state index contributed by atoms with van der Waals surface area (Å²) in [5.74, 6) is 1.47. The Kier molecular flexibility index (Phi) is 13.0. The van der Waals surface area contributed by atoms with Crippen LogP contribution in [-0.4, -0.2) is 22.6 Å². The van der Waals surface area contributed by atoms with E-state index >= 15 is 0 Å². The summed E-state index contributed by atoms with van der Waals surface area (Å²) in [6.45, 7) is 25.3. The molecule has 3 heterocycles. The number of pyridine rings is 1. The predicted octanol–water partition coefficient (Wildman–Crippen LogP) is 14.9. The maximum absolute atomic E-state index is 6.42. The van der Waals surface area contributed by atoms with Gasteiger partial charge in [0.05, 0.1) is 30.5 Å². The number of hydrogen-bond donors (Lipinski definition) is 0. The number of rotatable bonds is 7. The number of imidazole rings is 1. The quantitative estimate of drug-likeness (QED) is 0.118. The van der Waals surface area contributed by atoms with Crippen molar-refractivity contribution in [3.05, 3.63) is 168 Å². The Morgan fingerprint density at radius 1 is 0.714 bits per heavy atom. The van der Waals surface area contributed by atoms with Gasteiger partial charge in [-0.25, -0.2) is 0 Å². The molecule has 0 amide bonds. The van der Waals surface area contributed by atoms with Crippen molar-refractivity contribution in [2.24, 2.45) is 5.92 Å². The molecular weight excluding hydrogens is 963 g/mol. The maximum Gasteiger partial charge on any atom is 0.120 e. The van der Waals surface area contributed by atoms with Crippen molar-refractivity contribution < 1.29 is 24.5 Å². The topological polar surface area (TPSA) is 43.9 Å². The van der Waals surface area contributed by atoms with Crippen molar-refractivity contribution in [2.45, 2.75) is 92.3 Å². The molecule has 3 aromatic heterocycles. The molecule has 6 aromatic carbocycles. The fourth-order valence-electron chi connectivity index (χ4n) is 8.32. The van der Waals surface area contributed by atoms with Gasteiger partial charge in [-0.3, -0.25) is 4.98 Å². The van der Waals surface area contributed by atoms with E-state index in [2.05, 4.69) is 201 Å². The zero-order valence-electron chi connectivity index (χ0n) is 38.6. The van der Waals surface area contributed by atoms with Crippen LogP contribution in [0.25, 0.3) is 72.4 Å². The second-order valence-corrected chi connectivity index (χ2v) is 25.2. The van der Waals surface area contributed by atoms with Gasteiger partial charge in [0.2, 0.25) is 0 Å². The molecule has 0 fully saturated rings. The van der Waals surface area contributed by atoms with Crippen LogP contribution >= 0.6 is 0 Å². The van der Waals surface area contributed by atoms with E-state index in [0.29, 0.717) is 5.92 Å². The molecule has 63 heavy (non-hydrogen) atoms. The summed E-state index contributed by atoms with van der Waals surface area (Å²) in [5.41, 5.74) is 14.3. The van der Waals surface area contributed by atoms with Gasteiger partial charge < -0.3 is 14.0 Å². The normalized spacial score (nSPS) is 12.1. The molecule has 4 nitrogen and oxygen atoms in total. The van der Waals surface area contributed by atoms with Gasteiger partial charge in [-0.2, -0.15) is 0 Å². The molecular formula is C57H59IrN3OSi-2. The number of aromatic nitrogens is 3. The Morgan fingerprint density at radius 2 is 1.40 bits per heavy atom. The van der Waals surface area contributed by atoms with Crippen molar-refractivity contribution in [1.29, 1.82) is 0 Å². The molecule has 9 aromatic rings. The van der Waals surface area contributed by atoms with E-state index in [-0.39, 0.29) is 30.9 Å². The summed E-state index contributed by atoms with van der Waals surface area (Å²) >= 11 is 0. The van der Waals surface area contributed by atoms with Crippen molar-refractivity contribution >= 4 is 46.2 Å². The Labute approximate surface area is 389 Å². The maximum atomic E-state index is 6.42. The minimum Gasteiger partial charge on any atom is -0.501 e. The van der Waals surface area contributed by atoms with E-state index in [9.17, 15) is 0 Å². The van der Waals surface area contributed by atoms with Crippen LogP contribution in [0.5, 0.6) is 0 Å². The molecule has 0 spiro atoms. The van der Waals surface area contributed by atoms with Crippen LogP contribution in [0.4, 0.5) is 0 Å². The summed E-state index contributed by atoms with van der Waals surface area (Å²) in [6, 6.07) is 53.7. The molecule has 0 saturated carbocycles. The molecule has 0 N–H and O–H groups in total. The number of fused-ring (bicyclic) bond motifs is 4. The fraction of sp³-hybridized carbons (Fsp3) is 0.263. The third kappa shape index (κ3) is 9.60. The van der Waals surface area contributed by atoms with Gasteiger partial charge >= 0.3 is 0 Å². The van der Waals surface area contributed by atoms with Crippen molar-refractivity contribution in [3.63, 3.8) is 0 Å². The molecule has 323 valence electrons. The average Bonchev–Trinajstić information content (AvgIpc) is 3.82. The molecule has 0 atom stereocenters. The summed E-state index contributed by atoms with van der Waals surface area (Å²) < 4.78 is 8.69. The van der Waals surface area contributed by atoms with Crippen LogP contribution in [0.3, 0.4) is 0 Å². The average molecular weight is 1020 g/mol. The molecule has 0 aliphatic rings.